The molecule has 0 spiro atoms. The molecule has 1 nitrogen and oxygen atoms in total. The van der Waals surface area contributed by atoms with E-state index in [9.17, 15) is 5.11 Å². The Labute approximate surface area is 113 Å². The molecule has 1 unspecified atom stereocenters. The maximum Gasteiger partial charge on any atom is 0.0499 e. The van der Waals surface area contributed by atoms with Gasteiger partial charge in [0.2, 0.25) is 0 Å². The maximum absolute atomic E-state index is 9.55. The molecule has 3 rings (SSSR count). The number of hydrogen-bond donors (Lipinski definition) is 1. The molecule has 3 aromatic carbocycles. The van der Waals surface area contributed by atoms with Crippen LogP contribution in [0.15, 0.2) is 54.6 Å². The highest BCUT2D eigenvalue weighted by Gasteiger charge is 2.11. The molecular weight excluding hydrogens is 232 g/mol. The van der Waals surface area contributed by atoms with Crippen molar-refractivity contribution in [3.8, 4) is 0 Å². The molecule has 1 atom stereocenters. The number of hydrogen-bond acceptors (Lipinski definition) is 1. The molecule has 19 heavy (non-hydrogen) atoms. The largest absolute Gasteiger partial charge is 0.396 e. The third kappa shape index (κ3) is 2.11. The highest BCUT2D eigenvalue weighted by molar-refractivity contribution is 5.99. The molecule has 0 fully saturated rings. The van der Waals surface area contributed by atoms with Gasteiger partial charge in [0.15, 0.2) is 0 Å². The maximum atomic E-state index is 9.55. The summed E-state index contributed by atoms with van der Waals surface area (Å²) in [5.74, 6) is 0.227. The van der Waals surface area contributed by atoms with E-state index in [-0.39, 0.29) is 12.5 Å². The van der Waals surface area contributed by atoms with E-state index in [0.717, 1.165) is 6.42 Å². The lowest BCUT2D eigenvalue weighted by Gasteiger charge is -2.15. The molecule has 0 radical (unpaired) electrons. The standard InChI is InChI=1S/C18H18O/c1-2-13(12-19)17-9-5-8-16-10-14-6-3-4-7-15(14)11-18(16)17/h3-11,13,19H,2,12H2,1H3. The fraction of sp³-hybridized carbons (Fsp3) is 0.222. The van der Waals surface area contributed by atoms with Crippen molar-refractivity contribution in [2.24, 2.45) is 0 Å². The Morgan fingerprint density at radius 3 is 2.26 bits per heavy atom. The molecule has 3 aromatic rings. The number of aliphatic hydroxyl groups excluding tert-OH is 1. The minimum absolute atomic E-state index is 0.211. The average molecular weight is 250 g/mol. The zero-order chi connectivity index (χ0) is 13.2. The third-order valence-corrected chi connectivity index (χ3v) is 3.93. The van der Waals surface area contributed by atoms with E-state index < -0.39 is 0 Å². The van der Waals surface area contributed by atoms with E-state index in [2.05, 4.69) is 61.5 Å². The minimum atomic E-state index is 0.211. The first-order chi connectivity index (χ1) is 9.33. The molecule has 0 bridgehead atoms. The first kappa shape index (κ1) is 12.2. The highest BCUT2D eigenvalue weighted by atomic mass is 16.3. The summed E-state index contributed by atoms with van der Waals surface area (Å²) in [6, 6.07) is 19.3. The van der Waals surface area contributed by atoms with Crippen molar-refractivity contribution in [1.82, 2.24) is 0 Å². The lowest BCUT2D eigenvalue weighted by atomic mass is 9.91. The molecule has 0 aliphatic carbocycles. The van der Waals surface area contributed by atoms with Gasteiger partial charge in [0, 0.05) is 12.5 Å². The van der Waals surface area contributed by atoms with Crippen molar-refractivity contribution in [3.63, 3.8) is 0 Å². The van der Waals surface area contributed by atoms with Gasteiger partial charge < -0.3 is 5.11 Å². The molecule has 0 heterocycles. The number of fused-ring (bicyclic) bond motifs is 2. The zero-order valence-corrected chi connectivity index (χ0v) is 11.1. The van der Waals surface area contributed by atoms with Crippen molar-refractivity contribution in [2.75, 3.05) is 6.61 Å². The van der Waals surface area contributed by atoms with Gasteiger partial charge in [-0.2, -0.15) is 0 Å². The van der Waals surface area contributed by atoms with Crippen LogP contribution in [0.3, 0.4) is 0 Å². The SMILES string of the molecule is CCC(CO)c1cccc2cc3ccccc3cc12. The second-order valence-electron chi connectivity index (χ2n) is 5.06. The van der Waals surface area contributed by atoms with E-state index >= 15 is 0 Å². The van der Waals surface area contributed by atoms with Crippen LogP contribution < -0.4 is 0 Å². The molecule has 0 aliphatic heterocycles. The molecule has 96 valence electrons. The Morgan fingerprint density at radius 1 is 0.895 bits per heavy atom. The van der Waals surface area contributed by atoms with Gasteiger partial charge in [-0.15, -0.1) is 0 Å². The quantitative estimate of drug-likeness (QED) is 0.679. The lowest BCUT2D eigenvalue weighted by Crippen LogP contribution is -2.03. The Morgan fingerprint density at radius 2 is 1.58 bits per heavy atom. The number of aliphatic hydroxyl groups is 1. The van der Waals surface area contributed by atoms with Crippen LogP contribution >= 0.6 is 0 Å². The summed E-state index contributed by atoms with van der Waals surface area (Å²) in [4.78, 5) is 0. The predicted molar refractivity (Wildman–Crippen MR) is 81.6 cm³/mol. The molecule has 0 amide bonds. The fourth-order valence-electron chi connectivity index (χ4n) is 2.79. The Kier molecular flexibility index (Phi) is 3.22. The van der Waals surface area contributed by atoms with Crippen molar-refractivity contribution >= 4 is 21.5 Å². The summed E-state index contributed by atoms with van der Waals surface area (Å²) < 4.78 is 0. The zero-order valence-electron chi connectivity index (χ0n) is 11.1. The second-order valence-corrected chi connectivity index (χ2v) is 5.06. The van der Waals surface area contributed by atoms with E-state index in [1.165, 1.54) is 27.1 Å². The summed E-state index contributed by atoms with van der Waals surface area (Å²) in [6.07, 6.45) is 0.961. The van der Waals surface area contributed by atoms with Crippen LogP contribution in [0.5, 0.6) is 0 Å². The first-order valence-corrected chi connectivity index (χ1v) is 6.85. The summed E-state index contributed by atoms with van der Waals surface area (Å²) >= 11 is 0. The Balaban J connectivity index is 2.31. The van der Waals surface area contributed by atoms with Gasteiger partial charge in [0.05, 0.1) is 0 Å². The molecule has 1 heteroatoms. The lowest BCUT2D eigenvalue weighted by molar-refractivity contribution is 0.263. The summed E-state index contributed by atoms with van der Waals surface area (Å²) in [5, 5.41) is 14.6. The van der Waals surface area contributed by atoms with Crippen molar-refractivity contribution in [2.45, 2.75) is 19.3 Å². The summed E-state index contributed by atoms with van der Waals surface area (Å²) in [5.41, 5.74) is 1.26. The van der Waals surface area contributed by atoms with Gasteiger partial charge in [-0.1, -0.05) is 49.4 Å². The van der Waals surface area contributed by atoms with Gasteiger partial charge in [-0.25, -0.2) is 0 Å². The van der Waals surface area contributed by atoms with Crippen LogP contribution in [0.4, 0.5) is 0 Å². The van der Waals surface area contributed by atoms with E-state index in [4.69, 9.17) is 0 Å². The van der Waals surface area contributed by atoms with Crippen LogP contribution in [-0.4, -0.2) is 11.7 Å². The third-order valence-electron chi connectivity index (χ3n) is 3.93. The molecule has 0 saturated heterocycles. The monoisotopic (exact) mass is 250 g/mol. The number of rotatable bonds is 3. The van der Waals surface area contributed by atoms with Gasteiger partial charge >= 0.3 is 0 Å². The first-order valence-electron chi connectivity index (χ1n) is 6.85. The van der Waals surface area contributed by atoms with Crippen LogP contribution in [0.1, 0.15) is 24.8 Å². The van der Waals surface area contributed by atoms with Gasteiger partial charge in [0.1, 0.15) is 0 Å². The topological polar surface area (TPSA) is 20.2 Å². The predicted octanol–water partition coefficient (Wildman–Crippen LogP) is 4.48. The van der Waals surface area contributed by atoms with E-state index in [1.807, 2.05) is 0 Å². The normalized spacial score (nSPS) is 12.9. The molecular formula is C18H18O. The van der Waals surface area contributed by atoms with Gasteiger partial charge in [-0.3, -0.25) is 0 Å². The highest BCUT2D eigenvalue weighted by Crippen LogP contribution is 2.30. The van der Waals surface area contributed by atoms with E-state index in [0.29, 0.717) is 0 Å². The molecule has 0 aliphatic rings. The van der Waals surface area contributed by atoms with Crippen LogP contribution in [0.25, 0.3) is 21.5 Å². The van der Waals surface area contributed by atoms with Crippen LogP contribution in [0, 0.1) is 0 Å². The smallest absolute Gasteiger partial charge is 0.0499 e. The van der Waals surface area contributed by atoms with Crippen molar-refractivity contribution in [1.29, 1.82) is 0 Å². The van der Waals surface area contributed by atoms with E-state index in [1.54, 1.807) is 0 Å². The van der Waals surface area contributed by atoms with Crippen LogP contribution in [-0.2, 0) is 0 Å². The van der Waals surface area contributed by atoms with Gasteiger partial charge in [-0.05, 0) is 45.7 Å². The fourth-order valence-corrected chi connectivity index (χ4v) is 2.79. The average Bonchev–Trinajstić information content (AvgIpc) is 2.46. The number of benzene rings is 3. The second kappa shape index (κ2) is 5.02. The van der Waals surface area contributed by atoms with Gasteiger partial charge in [0.25, 0.3) is 0 Å². The molecule has 0 saturated carbocycles. The summed E-state index contributed by atoms with van der Waals surface area (Å²) in [7, 11) is 0. The summed E-state index contributed by atoms with van der Waals surface area (Å²) in [6.45, 7) is 2.34. The Hall–Kier alpha value is -1.86. The van der Waals surface area contributed by atoms with Crippen molar-refractivity contribution < 1.29 is 5.11 Å². The van der Waals surface area contributed by atoms with Crippen molar-refractivity contribution in [3.05, 3.63) is 60.2 Å². The minimum Gasteiger partial charge on any atom is -0.396 e. The molecule has 0 aromatic heterocycles. The Bertz CT molecular complexity index is 711. The molecule has 1 N–H and O–H groups in total. The van der Waals surface area contributed by atoms with Crippen LogP contribution in [0.2, 0.25) is 0 Å².